The van der Waals surface area contributed by atoms with E-state index in [0.717, 1.165) is 5.56 Å². The Morgan fingerprint density at radius 2 is 1.24 bits per heavy atom. The fourth-order valence-corrected chi connectivity index (χ4v) is 3.98. The molecule has 3 atom stereocenters. The number of Topliss-reactive ketones (excluding diaryl/α,β-unsaturated/α-hetero) is 2. The Labute approximate surface area is 147 Å². The van der Waals surface area contributed by atoms with Gasteiger partial charge in [0, 0.05) is 42.7 Å². The molecule has 0 saturated heterocycles. The van der Waals surface area contributed by atoms with E-state index in [1.54, 1.807) is 0 Å². The van der Waals surface area contributed by atoms with Crippen LogP contribution in [0.5, 0.6) is 0 Å². The van der Waals surface area contributed by atoms with Crippen LogP contribution in [0, 0.1) is 11.8 Å². The second kappa shape index (κ2) is 6.87. The fraction of sp³-hybridized carbons (Fsp3) is 0.429. The summed E-state index contributed by atoms with van der Waals surface area (Å²) in [6.45, 7) is 3.85. The van der Waals surface area contributed by atoms with E-state index in [4.69, 9.17) is 0 Å². The van der Waals surface area contributed by atoms with E-state index in [-0.39, 0.29) is 46.1 Å². The van der Waals surface area contributed by atoms with Crippen LogP contribution in [0.4, 0.5) is 0 Å². The first-order chi connectivity index (χ1) is 11.9. The van der Waals surface area contributed by atoms with Gasteiger partial charge in [-0.05, 0) is 17.4 Å². The highest BCUT2D eigenvalue weighted by atomic mass is 16.3. The number of hydrogen-bond acceptors (Lipinski definition) is 4. The highest BCUT2D eigenvalue weighted by Gasteiger charge is 2.39. The Morgan fingerprint density at radius 1 is 0.800 bits per heavy atom. The number of carbonyl (C=O) groups is 2. The molecule has 1 unspecified atom stereocenters. The van der Waals surface area contributed by atoms with Crippen molar-refractivity contribution in [2.24, 2.45) is 11.8 Å². The SMILES string of the molecule is C[C@@H]1CC(=O)C(C(C2=C(O)C[C@@H](C)CC2=O)c2ccccc2)=C(O)C1. The Morgan fingerprint density at radius 3 is 1.64 bits per heavy atom. The third-order valence-electron chi connectivity index (χ3n) is 5.08. The maximum atomic E-state index is 12.7. The van der Waals surface area contributed by atoms with Crippen molar-refractivity contribution >= 4 is 11.6 Å². The minimum Gasteiger partial charge on any atom is -0.512 e. The number of aliphatic hydroxyl groups excluding tert-OH is 2. The van der Waals surface area contributed by atoms with Gasteiger partial charge in [-0.2, -0.15) is 0 Å². The smallest absolute Gasteiger partial charge is 0.163 e. The van der Waals surface area contributed by atoms with Crippen LogP contribution < -0.4 is 0 Å². The van der Waals surface area contributed by atoms with Crippen LogP contribution >= 0.6 is 0 Å². The predicted molar refractivity (Wildman–Crippen MR) is 95.3 cm³/mol. The van der Waals surface area contributed by atoms with Crippen molar-refractivity contribution in [1.29, 1.82) is 0 Å². The fourth-order valence-electron chi connectivity index (χ4n) is 3.98. The predicted octanol–water partition coefficient (Wildman–Crippen LogP) is 4.39. The average Bonchev–Trinajstić information content (AvgIpc) is 2.52. The summed E-state index contributed by atoms with van der Waals surface area (Å²) in [5.41, 5.74) is 1.29. The average molecular weight is 340 g/mol. The molecule has 0 heterocycles. The summed E-state index contributed by atoms with van der Waals surface area (Å²) in [7, 11) is 0. The number of rotatable bonds is 3. The molecule has 0 bridgehead atoms. The molecule has 1 aromatic rings. The molecule has 3 rings (SSSR count). The standard InChI is InChI=1S/C21H24O4/c1-12-8-15(22)20(16(23)9-12)19(14-6-4-3-5-7-14)21-17(24)10-13(2)11-18(21)25/h3-7,12-13,19,22,24H,8-11H2,1-2H3/t12-,13+,19?. The molecule has 132 valence electrons. The van der Waals surface area contributed by atoms with Crippen molar-refractivity contribution in [3.63, 3.8) is 0 Å². The molecular formula is C21H24O4. The first-order valence-electron chi connectivity index (χ1n) is 8.83. The van der Waals surface area contributed by atoms with Crippen LogP contribution in [0.2, 0.25) is 0 Å². The molecule has 1 aromatic carbocycles. The van der Waals surface area contributed by atoms with Crippen LogP contribution in [-0.4, -0.2) is 21.8 Å². The zero-order chi connectivity index (χ0) is 18.1. The minimum atomic E-state index is -0.693. The van der Waals surface area contributed by atoms with Crippen molar-refractivity contribution < 1.29 is 19.8 Å². The molecule has 0 saturated carbocycles. The molecule has 0 aliphatic heterocycles. The first kappa shape index (κ1) is 17.5. The molecule has 0 spiro atoms. The normalized spacial score (nSPS) is 26.2. The summed E-state index contributed by atoms with van der Waals surface area (Å²) >= 11 is 0. The molecule has 0 aromatic heterocycles. The van der Waals surface area contributed by atoms with Crippen LogP contribution in [0.15, 0.2) is 53.0 Å². The Hall–Kier alpha value is -2.36. The van der Waals surface area contributed by atoms with Crippen molar-refractivity contribution in [3.05, 3.63) is 58.6 Å². The van der Waals surface area contributed by atoms with Gasteiger partial charge in [-0.15, -0.1) is 0 Å². The van der Waals surface area contributed by atoms with E-state index >= 15 is 0 Å². The number of benzene rings is 1. The van der Waals surface area contributed by atoms with Gasteiger partial charge in [0.05, 0.1) is 0 Å². The summed E-state index contributed by atoms with van der Waals surface area (Å²) in [6, 6.07) is 9.20. The third kappa shape index (κ3) is 3.39. The monoisotopic (exact) mass is 340 g/mol. The van der Waals surface area contributed by atoms with Gasteiger partial charge in [-0.3, -0.25) is 9.59 Å². The molecule has 0 fully saturated rings. The van der Waals surface area contributed by atoms with Crippen molar-refractivity contribution in [3.8, 4) is 0 Å². The Kier molecular flexibility index (Phi) is 4.80. The maximum absolute atomic E-state index is 12.7. The van der Waals surface area contributed by atoms with Crippen molar-refractivity contribution in [1.82, 2.24) is 0 Å². The summed E-state index contributed by atoms with van der Waals surface area (Å²) in [6.07, 6.45) is 1.54. The Balaban J connectivity index is 2.19. The largest absolute Gasteiger partial charge is 0.512 e. The minimum absolute atomic E-state index is 0.0457. The molecule has 2 N–H and O–H groups in total. The number of aliphatic hydroxyl groups is 2. The summed E-state index contributed by atoms with van der Waals surface area (Å²) in [5.74, 6) is -0.724. The molecule has 2 aliphatic carbocycles. The van der Waals surface area contributed by atoms with Gasteiger partial charge in [0.1, 0.15) is 11.5 Å². The molecule has 25 heavy (non-hydrogen) atoms. The highest BCUT2D eigenvalue weighted by Crippen LogP contribution is 2.43. The number of ketones is 2. The lowest BCUT2D eigenvalue weighted by Crippen LogP contribution is -2.28. The van der Waals surface area contributed by atoms with Gasteiger partial charge in [-0.25, -0.2) is 0 Å². The zero-order valence-corrected chi connectivity index (χ0v) is 14.7. The van der Waals surface area contributed by atoms with E-state index in [1.807, 2.05) is 44.2 Å². The third-order valence-corrected chi connectivity index (χ3v) is 5.08. The number of allylic oxidation sites excluding steroid dienone is 4. The number of carbonyl (C=O) groups excluding carboxylic acids is 2. The van der Waals surface area contributed by atoms with E-state index in [1.165, 1.54) is 0 Å². The van der Waals surface area contributed by atoms with Gasteiger partial charge < -0.3 is 10.2 Å². The lowest BCUT2D eigenvalue weighted by atomic mass is 9.72. The van der Waals surface area contributed by atoms with Crippen LogP contribution in [0.3, 0.4) is 0 Å². The highest BCUT2D eigenvalue weighted by molar-refractivity contribution is 6.05. The lowest BCUT2D eigenvalue weighted by Gasteiger charge is -2.31. The van der Waals surface area contributed by atoms with E-state index in [9.17, 15) is 19.8 Å². The van der Waals surface area contributed by atoms with Crippen LogP contribution in [0.25, 0.3) is 0 Å². The zero-order valence-electron chi connectivity index (χ0n) is 14.7. The molecule has 0 radical (unpaired) electrons. The second-order valence-corrected chi connectivity index (χ2v) is 7.44. The molecule has 2 aliphatic rings. The molecule has 4 nitrogen and oxygen atoms in total. The quantitative estimate of drug-likeness (QED) is 0.855. The summed E-state index contributed by atoms with van der Waals surface area (Å²) in [5, 5.41) is 21.1. The van der Waals surface area contributed by atoms with Crippen molar-refractivity contribution in [2.75, 3.05) is 0 Å². The molecule has 4 heteroatoms. The van der Waals surface area contributed by atoms with Gasteiger partial charge in [0.15, 0.2) is 11.6 Å². The van der Waals surface area contributed by atoms with Gasteiger partial charge in [0.25, 0.3) is 0 Å². The maximum Gasteiger partial charge on any atom is 0.163 e. The lowest BCUT2D eigenvalue weighted by molar-refractivity contribution is -0.117. The van der Waals surface area contributed by atoms with Gasteiger partial charge in [0.2, 0.25) is 0 Å². The van der Waals surface area contributed by atoms with E-state index in [2.05, 4.69) is 0 Å². The van der Waals surface area contributed by atoms with Gasteiger partial charge >= 0.3 is 0 Å². The van der Waals surface area contributed by atoms with E-state index < -0.39 is 5.92 Å². The Bertz CT molecular complexity index is 711. The summed E-state index contributed by atoms with van der Waals surface area (Å²) < 4.78 is 0. The summed E-state index contributed by atoms with van der Waals surface area (Å²) in [4.78, 5) is 25.4. The molecular weight excluding hydrogens is 316 g/mol. The molecule has 0 amide bonds. The first-order valence-corrected chi connectivity index (χ1v) is 8.83. The van der Waals surface area contributed by atoms with Gasteiger partial charge in [-0.1, -0.05) is 44.2 Å². The van der Waals surface area contributed by atoms with Crippen LogP contribution in [0.1, 0.15) is 51.0 Å². The number of hydrogen-bond donors (Lipinski definition) is 2. The van der Waals surface area contributed by atoms with Crippen LogP contribution in [-0.2, 0) is 9.59 Å². The van der Waals surface area contributed by atoms with Crippen molar-refractivity contribution in [2.45, 2.75) is 45.4 Å². The van der Waals surface area contributed by atoms with E-state index in [0.29, 0.717) is 25.7 Å². The topological polar surface area (TPSA) is 74.6 Å². The second-order valence-electron chi connectivity index (χ2n) is 7.44.